The first kappa shape index (κ1) is 17.0. The zero-order valence-electron chi connectivity index (χ0n) is 11.9. The molecule has 0 fully saturated rings. The van der Waals surface area contributed by atoms with Gasteiger partial charge in [0.25, 0.3) is 0 Å². The summed E-state index contributed by atoms with van der Waals surface area (Å²) in [5, 5.41) is 3.77. The molecule has 0 saturated carbocycles. The fourth-order valence-electron chi connectivity index (χ4n) is 1.74. The van der Waals surface area contributed by atoms with Gasteiger partial charge in [0.1, 0.15) is 5.75 Å². The molecule has 3 nitrogen and oxygen atoms in total. The molecule has 0 atom stereocenters. The average molecular weight is 356 g/mol. The number of carbonyl (C=O) groups is 1. The standard InChI is InChI=1S/C16H15Cl2NO2S/c1-21-12-3-5-13(6-4-12)22-9-8-16(20)19-15-10-11(17)2-7-14(15)18/h2-7,10H,8-9H2,1H3,(H,19,20). The first-order chi connectivity index (χ1) is 10.6. The van der Waals surface area contributed by atoms with Gasteiger partial charge in [-0.3, -0.25) is 4.79 Å². The molecule has 0 saturated heterocycles. The smallest absolute Gasteiger partial charge is 0.225 e. The molecule has 0 spiro atoms. The molecule has 1 amide bonds. The lowest BCUT2D eigenvalue weighted by molar-refractivity contribution is -0.115. The van der Waals surface area contributed by atoms with Crippen molar-refractivity contribution in [3.8, 4) is 5.75 Å². The van der Waals surface area contributed by atoms with Crippen molar-refractivity contribution in [3.05, 3.63) is 52.5 Å². The van der Waals surface area contributed by atoms with Crippen molar-refractivity contribution in [1.82, 2.24) is 0 Å². The summed E-state index contributed by atoms with van der Waals surface area (Å²) in [5.74, 6) is 1.40. The third-order valence-corrected chi connectivity index (χ3v) is 4.44. The minimum atomic E-state index is -0.0924. The van der Waals surface area contributed by atoms with Crippen LogP contribution in [-0.4, -0.2) is 18.8 Å². The number of hydrogen-bond donors (Lipinski definition) is 1. The minimum Gasteiger partial charge on any atom is -0.497 e. The van der Waals surface area contributed by atoms with E-state index in [1.54, 1.807) is 37.1 Å². The highest BCUT2D eigenvalue weighted by Crippen LogP contribution is 2.26. The lowest BCUT2D eigenvalue weighted by atomic mass is 10.3. The summed E-state index contributed by atoms with van der Waals surface area (Å²) >= 11 is 13.5. The maximum absolute atomic E-state index is 11.9. The second-order valence-electron chi connectivity index (χ2n) is 4.45. The van der Waals surface area contributed by atoms with Crippen LogP contribution in [-0.2, 0) is 4.79 Å². The second-order valence-corrected chi connectivity index (χ2v) is 6.46. The van der Waals surface area contributed by atoms with Gasteiger partial charge in [0, 0.05) is 22.1 Å². The number of methoxy groups -OCH3 is 1. The van der Waals surface area contributed by atoms with E-state index in [1.165, 1.54) is 0 Å². The van der Waals surface area contributed by atoms with Gasteiger partial charge in [-0.2, -0.15) is 0 Å². The molecule has 2 rings (SSSR count). The van der Waals surface area contributed by atoms with Crippen molar-refractivity contribution < 1.29 is 9.53 Å². The fourth-order valence-corrected chi connectivity index (χ4v) is 2.93. The van der Waals surface area contributed by atoms with Gasteiger partial charge in [0.15, 0.2) is 0 Å². The highest BCUT2D eigenvalue weighted by molar-refractivity contribution is 7.99. The maximum atomic E-state index is 11.9. The summed E-state index contributed by atoms with van der Waals surface area (Å²) in [7, 11) is 1.63. The van der Waals surface area contributed by atoms with Gasteiger partial charge in [0.2, 0.25) is 5.91 Å². The Morgan fingerprint density at radius 2 is 1.91 bits per heavy atom. The number of anilines is 1. The van der Waals surface area contributed by atoms with Crippen LogP contribution in [0.15, 0.2) is 47.4 Å². The van der Waals surface area contributed by atoms with Crippen LogP contribution >= 0.6 is 35.0 Å². The van der Waals surface area contributed by atoms with E-state index in [9.17, 15) is 4.79 Å². The van der Waals surface area contributed by atoms with Crippen LogP contribution in [0.25, 0.3) is 0 Å². The van der Waals surface area contributed by atoms with Crippen LogP contribution in [0.4, 0.5) is 5.69 Å². The van der Waals surface area contributed by atoms with Crippen LogP contribution in [0.2, 0.25) is 10.0 Å². The Hall–Kier alpha value is -1.36. The molecule has 0 unspecified atom stereocenters. The maximum Gasteiger partial charge on any atom is 0.225 e. The first-order valence-corrected chi connectivity index (χ1v) is 8.34. The Bertz CT molecular complexity index is 647. The van der Waals surface area contributed by atoms with Gasteiger partial charge >= 0.3 is 0 Å². The normalized spacial score (nSPS) is 10.3. The summed E-state index contributed by atoms with van der Waals surface area (Å²) in [4.78, 5) is 13.0. The van der Waals surface area contributed by atoms with E-state index in [0.717, 1.165) is 10.6 Å². The molecule has 0 aliphatic heterocycles. The number of halogens is 2. The van der Waals surface area contributed by atoms with Gasteiger partial charge < -0.3 is 10.1 Å². The highest BCUT2D eigenvalue weighted by Gasteiger charge is 2.07. The lowest BCUT2D eigenvalue weighted by Crippen LogP contribution is -2.12. The third-order valence-electron chi connectivity index (χ3n) is 2.86. The number of benzene rings is 2. The predicted molar refractivity (Wildman–Crippen MR) is 93.4 cm³/mol. The van der Waals surface area contributed by atoms with E-state index >= 15 is 0 Å². The zero-order valence-corrected chi connectivity index (χ0v) is 14.3. The number of rotatable bonds is 6. The van der Waals surface area contributed by atoms with E-state index < -0.39 is 0 Å². The van der Waals surface area contributed by atoms with Gasteiger partial charge in [-0.05, 0) is 42.5 Å². The van der Waals surface area contributed by atoms with Crippen molar-refractivity contribution >= 4 is 46.6 Å². The summed E-state index contributed by atoms with van der Waals surface area (Å²) in [6.45, 7) is 0. The van der Waals surface area contributed by atoms with Crippen molar-refractivity contribution in [2.24, 2.45) is 0 Å². The molecular weight excluding hydrogens is 341 g/mol. The van der Waals surface area contributed by atoms with E-state index in [-0.39, 0.29) is 5.91 Å². The summed E-state index contributed by atoms with van der Waals surface area (Å²) in [5.41, 5.74) is 0.536. The second kappa shape index (κ2) is 8.32. The topological polar surface area (TPSA) is 38.3 Å². The number of amides is 1. The van der Waals surface area contributed by atoms with Crippen molar-refractivity contribution in [3.63, 3.8) is 0 Å². The molecule has 0 aromatic heterocycles. The molecular formula is C16H15Cl2NO2S. The SMILES string of the molecule is COc1ccc(SCCC(=O)Nc2cc(Cl)ccc2Cl)cc1. The third kappa shape index (κ3) is 5.13. The molecule has 0 heterocycles. The number of thioether (sulfide) groups is 1. The van der Waals surface area contributed by atoms with Crippen molar-refractivity contribution in [1.29, 1.82) is 0 Å². The quantitative estimate of drug-likeness (QED) is 0.730. The average Bonchev–Trinajstić information content (AvgIpc) is 2.51. The van der Waals surface area contributed by atoms with Gasteiger partial charge in [-0.15, -0.1) is 11.8 Å². The summed E-state index contributed by atoms with van der Waals surface area (Å²) in [6.07, 6.45) is 0.388. The van der Waals surface area contributed by atoms with Gasteiger partial charge in [-0.25, -0.2) is 0 Å². The molecule has 0 aliphatic carbocycles. The van der Waals surface area contributed by atoms with Gasteiger partial charge in [-0.1, -0.05) is 23.2 Å². The predicted octanol–water partition coefficient (Wildman–Crippen LogP) is 5.12. The van der Waals surface area contributed by atoms with Crippen LogP contribution in [0.5, 0.6) is 5.75 Å². The molecule has 1 N–H and O–H groups in total. The van der Waals surface area contributed by atoms with Crippen LogP contribution in [0.1, 0.15) is 6.42 Å². The Labute approximate surface area is 144 Å². The molecule has 2 aromatic rings. The van der Waals surface area contributed by atoms with Crippen LogP contribution < -0.4 is 10.1 Å². The molecule has 6 heteroatoms. The zero-order chi connectivity index (χ0) is 15.9. The molecule has 2 aromatic carbocycles. The first-order valence-electron chi connectivity index (χ1n) is 6.60. The summed E-state index contributed by atoms with van der Waals surface area (Å²) < 4.78 is 5.10. The van der Waals surface area contributed by atoms with Gasteiger partial charge in [0.05, 0.1) is 17.8 Å². The lowest BCUT2D eigenvalue weighted by Gasteiger charge is -2.08. The van der Waals surface area contributed by atoms with Crippen LogP contribution in [0, 0.1) is 0 Å². The molecule has 0 aliphatic rings. The molecule has 0 radical (unpaired) electrons. The van der Waals surface area contributed by atoms with E-state index in [4.69, 9.17) is 27.9 Å². The molecule has 0 bridgehead atoms. The van der Waals surface area contributed by atoms with Crippen LogP contribution in [0.3, 0.4) is 0 Å². The number of hydrogen-bond acceptors (Lipinski definition) is 3. The Morgan fingerprint density at radius 3 is 2.59 bits per heavy atom. The fraction of sp³-hybridized carbons (Fsp3) is 0.188. The Morgan fingerprint density at radius 1 is 1.18 bits per heavy atom. The largest absolute Gasteiger partial charge is 0.497 e. The van der Waals surface area contributed by atoms with E-state index in [1.807, 2.05) is 24.3 Å². The Kier molecular flexibility index (Phi) is 6.43. The Balaban J connectivity index is 1.81. The van der Waals surface area contributed by atoms with Crippen molar-refractivity contribution in [2.75, 3.05) is 18.2 Å². The number of carbonyl (C=O) groups excluding carboxylic acids is 1. The van der Waals surface area contributed by atoms with E-state index in [2.05, 4.69) is 5.32 Å². The van der Waals surface area contributed by atoms with E-state index in [0.29, 0.717) is 27.9 Å². The monoisotopic (exact) mass is 355 g/mol. The molecule has 22 heavy (non-hydrogen) atoms. The van der Waals surface area contributed by atoms with Crippen molar-refractivity contribution in [2.45, 2.75) is 11.3 Å². The summed E-state index contributed by atoms with van der Waals surface area (Å²) in [6, 6.07) is 12.7. The molecule has 116 valence electrons. The number of nitrogens with one attached hydrogen (secondary N) is 1. The highest BCUT2D eigenvalue weighted by atomic mass is 35.5. The minimum absolute atomic E-state index is 0.0924. The number of ether oxygens (including phenoxy) is 1.